The van der Waals surface area contributed by atoms with Crippen molar-refractivity contribution in [1.29, 1.82) is 0 Å². The van der Waals surface area contributed by atoms with Gasteiger partial charge in [-0.1, -0.05) is 11.3 Å². The second-order valence-electron chi connectivity index (χ2n) is 4.22. The molecule has 2 aromatic carbocycles. The van der Waals surface area contributed by atoms with Crippen molar-refractivity contribution >= 4 is 32.4 Å². The highest BCUT2D eigenvalue weighted by Crippen LogP contribution is 2.29. The van der Waals surface area contributed by atoms with Crippen LogP contribution in [0.4, 0.5) is 19.6 Å². The zero-order valence-electron chi connectivity index (χ0n) is 10.1. The zero-order chi connectivity index (χ0) is 13.4. The number of benzene rings is 2. The molecule has 0 amide bonds. The molecule has 0 unspecified atom stereocenters. The van der Waals surface area contributed by atoms with Crippen molar-refractivity contribution in [3.05, 3.63) is 53.6 Å². The normalized spacial score (nSPS) is 10.9. The minimum Gasteiger partial charge on any atom is -0.332 e. The fourth-order valence-electron chi connectivity index (χ4n) is 1.80. The van der Waals surface area contributed by atoms with Gasteiger partial charge in [0.1, 0.15) is 11.6 Å². The van der Waals surface area contributed by atoms with E-state index >= 15 is 0 Å². The number of nitrogens with zero attached hydrogens (tertiary/aromatic N) is 1. The first-order valence-corrected chi connectivity index (χ1v) is 6.53. The van der Waals surface area contributed by atoms with Crippen molar-refractivity contribution in [2.24, 2.45) is 0 Å². The maximum absolute atomic E-state index is 13.2. The topological polar surface area (TPSA) is 24.9 Å². The molecule has 0 fully saturated rings. The van der Waals surface area contributed by atoms with E-state index in [1.807, 2.05) is 0 Å². The van der Waals surface area contributed by atoms with E-state index in [0.717, 1.165) is 15.9 Å². The molecule has 0 saturated heterocycles. The highest BCUT2D eigenvalue weighted by Gasteiger charge is 2.06. The molecule has 19 heavy (non-hydrogen) atoms. The smallest absolute Gasteiger partial charge is 0.188 e. The average molecular weight is 276 g/mol. The summed E-state index contributed by atoms with van der Waals surface area (Å²) in [6.45, 7) is 1.70. The molecule has 1 heterocycles. The molecule has 0 radical (unpaired) electrons. The van der Waals surface area contributed by atoms with Gasteiger partial charge in [0.2, 0.25) is 0 Å². The average Bonchev–Trinajstić information content (AvgIpc) is 2.75. The molecule has 1 aromatic heterocycles. The minimum atomic E-state index is -0.277. The Morgan fingerprint density at radius 2 is 1.95 bits per heavy atom. The number of aromatic nitrogens is 1. The minimum absolute atomic E-state index is 0.239. The molecule has 1 N–H and O–H groups in total. The maximum atomic E-state index is 13.2. The lowest BCUT2D eigenvalue weighted by Gasteiger charge is -2.03. The predicted octanol–water partition coefficient (Wildman–Crippen LogP) is 4.63. The molecule has 0 aliphatic carbocycles. The van der Waals surface area contributed by atoms with Gasteiger partial charge in [-0.3, -0.25) is 0 Å². The molecule has 0 aliphatic rings. The van der Waals surface area contributed by atoms with Crippen molar-refractivity contribution in [3.8, 4) is 0 Å². The summed E-state index contributed by atoms with van der Waals surface area (Å²) in [5.74, 6) is -0.516. The lowest BCUT2D eigenvalue weighted by molar-refractivity contribution is 0.619. The SMILES string of the molecule is Cc1cc(Nc2nc3ccc(F)cc3s2)ccc1F. The van der Waals surface area contributed by atoms with Crippen LogP contribution in [0.3, 0.4) is 0 Å². The number of rotatable bonds is 2. The van der Waals surface area contributed by atoms with Gasteiger partial charge in [0.25, 0.3) is 0 Å². The van der Waals surface area contributed by atoms with Crippen LogP contribution in [-0.2, 0) is 0 Å². The Bertz CT molecular complexity index is 752. The number of nitrogens with one attached hydrogen (secondary N) is 1. The summed E-state index contributed by atoms with van der Waals surface area (Å²) in [6, 6.07) is 9.24. The highest BCUT2D eigenvalue weighted by atomic mass is 32.1. The molecule has 0 bridgehead atoms. The summed E-state index contributed by atoms with van der Waals surface area (Å²) >= 11 is 1.36. The van der Waals surface area contributed by atoms with Gasteiger partial charge in [0, 0.05) is 5.69 Å². The molecule has 0 saturated carbocycles. The number of fused-ring (bicyclic) bond motifs is 1. The third-order valence-corrected chi connectivity index (χ3v) is 3.69. The molecule has 0 aliphatic heterocycles. The first-order chi connectivity index (χ1) is 9.11. The van der Waals surface area contributed by atoms with E-state index in [4.69, 9.17) is 0 Å². The molecule has 2 nitrogen and oxygen atoms in total. The molecule has 0 atom stereocenters. The van der Waals surface area contributed by atoms with Crippen molar-refractivity contribution in [2.45, 2.75) is 6.92 Å². The van der Waals surface area contributed by atoms with Crippen molar-refractivity contribution in [3.63, 3.8) is 0 Å². The van der Waals surface area contributed by atoms with Crippen LogP contribution in [0.2, 0.25) is 0 Å². The number of hydrogen-bond donors (Lipinski definition) is 1. The third-order valence-electron chi connectivity index (χ3n) is 2.76. The summed E-state index contributed by atoms with van der Waals surface area (Å²) < 4.78 is 27.0. The molecule has 0 spiro atoms. The Balaban J connectivity index is 1.94. The van der Waals surface area contributed by atoms with Gasteiger partial charge in [-0.05, 0) is 48.9 Å². The van der Waals surface area contributed by atoms with E-state index in [2.05, 4.69) is 10.3 Å². The van der Waals surface area contributed by atoms with Crippen LogP contribution < -0.4 is 5.32 Å². The fourth-order valence-corrected chi connectivity index (χ4v) is 2.71. The summed E-state index contributed by atoms with van der Waals surface area (Å²) in [5, 5.41) is 3.76. The van der Waals surface area contributed by atoms with Crippen LogP contribution in [0.25, 0.3) is 10.2 Å². The monoisotopic (exact) mass is 276 g/mol. The van der Waals surface area contributed by atoms with Gasteiger partial charge >= 0.3 is 0 Å². The summed E-state index contributed by atoms with van der Waals surface area (Å²) in [7, 11) is 0. The Labute approximate surface area is 112 Å². The van der Waals surface area contributed by atoms with Crippen LogP contribution in [0, 0.1) is 18.6 Å². The van der Waals surface area contributed by atoms with Gasteiger partial charge < -0.3 is 5.32 Å². The van der Waals surface area contributed by atoms with Gasteiger partial charge in [-0.25, -0.2) is 13.8 Å². The second-order valence-corrected chi connectivity index (χ2v) is 5.25. The summed E-state index contributed by atoms with van der Waals surface area (Å²) in [6.07, 6.45) is 0. The highest BCUT2D eigenvalue weighted by molar-refractivity contribution is 7.22. The van der Waals surface area contributed by atoms with E-state index in [0.29, 0.717) is 10.7 Å². The lowest BCUT2D eigenvalue weighted by atomic mass is 10.2. The number of anilines is 2. The van der Waals surface area contributed by atoms with Crippen molar-refractivity contribution in [2.75, 3.05) is 5.32 Å². The molecule has 3 rings (SSSR count). The standard InChI is InChI=1S/C14H10F2N2S/c1-8-6-10(3-4-11(8)16)17-14-18-12-5-2-9(15)7-13(12)19-14/h2-7H,1H3,(H,17,18). The Morgan fingerprint density at radius 1 is 1.11 bits per heavy atom. The van der Waals surface area contributed by atoms with E-state index in [1.165, 1.54) is 29.5 Å². The van der Waals surface area contributed by atoms with Crippen LogP contribution in [0.15, 0.2) is 36.4 Å². The van der Waals surface area contributed by atoms with E-state index in [9.17, 15) is 8.78 Å². The number of thiazole rings is 1. The van der Waals surface area contributed by atoms with Gasteiger partial charge in [0.05, 0.1) is 10.2 Å². The Morgan fingerprint density at radius 3 is 2.74 bits per heavy atom. The summed E-state index contributed by atoms with van der Waals surface area (Å²) in [4.78, 5) is 4.35. The van der Waals surface area contributed by atoms with Gasteiger partial charge in [0.15, 0.2) is 5.13 Å². The zero-order valence-corrected chi connectivity index (χ0v) is 10.9. The molecular formula is C14H10F2N2S. The first kappa shape index (κ1) is 12.0. The number of aryl methyl sites for hydroxylation is 1. The Kier molecular flexibility index (Phi) is 2.91. The predicted molar refractivity (Wildman–Crippen MR) is 74.0 cm³/mol. The quantitative estimate of drug-likeness (QED) is 0.738. The molecule has 3 aromatic rings. The van der Waals surface area contributed by atoms with Gasteiger partial charge in [-0.2, -0.15) is 0 Å². The maximum Gasteiger partial charge on any atom is 0.188 e. The van der Waals surface area contributed by atoms with Crippen molar-refractivity contribution < 1.29 is 8.78 Å². The Hall–Kier alpha value is -2.01. The van der Waals surface area contributed by atoms with Crippen molar-refractivity contribution in [1.82, 2.24) is 4.98 Å². The van der Waals surface area contributed by atoms with E-state index in [-0.39, 0.29) is 11.6 Å². The fraction of sp³-hybridized carbons (Fsp3) is 0.0714. The summed E-state index contributed by atoms with van der Waals surface area (Å²) in [5.41, 5.74) is 2.07. The molecular weight excluding hydrogens is 266 g/mol. The second kappa shape index (κ2) is 4.59. The largest absolute Gasteiger partial charge is 0.332 e. The van der Waals surface area contributed by atoms with Crippen LogP contribution in [-0.4, -0.2) is 4.98 Å². The van der Waals surface area contributed by atoms with Gasteiger partial charge in [-0.15, -0.1) is 0 Å². The number of halogens is 2. The lowest BCUT2D eigenvalue weighted by Crippen LogP contribution is -1.91. The van der Waals surface area contributed by atoms with Crippen LogP contribution in [0.5, 0.6) is 0 Å². The molecule has 96 valence electrons. The van der Waals surface area contributed by atoms with Crippen LogP contribution in [0.1, 0.15) is 5.56 Å². The van der Waals surface area contributed by atoms with Crippen LogP contribution >= 0.6 is 11.3 Å². The third kappa shape index (κ3) is 2.42. The van der Waals surface area contributed by atoms with E-state index < -0.39 is 0 Å². The van der Waals surface area contributed by atoms with E-state index in [1.54, 1.807) is 25.1 Å². The first-order valence-electron chi connectivity index (χ1n) is 5.71. The molecule has 5 heteroatoms. The number of hydrogen-bond acceptors (Lipinski definition) is 3.